The molecule has 2 aromatic rings. The van der Waals surface area contributed by atoms with Gasteiger partial charge in [0.2, 0.25) is 0 Å². The minimum Gasteiger partial charge on any atom is -0.460 e. The van der Waals surface area contributed by atoms with Crippen LogP contribution < -0.4 is 5.32 Å². The van der Waals surface area contributed by atoms with Gasteiger partial charge < -0.3 is 14.5 Å². The molecule has 3 nitrogen and oxygen atoms in total. The van der Waals surface area contributed by atoms with Crippen LogP contribution in [0.5, 0.6) is 0 Å². The Hall–Kier alpha value is -1.10. The van der Waals surface area contributed by atoms with E-state index in [0.29, 0.717) is 6.61 Å². The number of methoxy groups -OCH3 is 1. The first kappa shape index (κ1) is 14.3. The first-order valence-corrected chi connectivity index (χ1v) is 7.05. The SMILES string of the molecule is COCCNCc1ccc(-c2ccc(Br)c(C)c2)o1. The van der Waals surface area contributed by atoms with Crippen molar-refractivity contribution in [3.8, 4) is 11.3 Å². The van der Waals surface area contributed by atoms with Crippen molar-refractivity contribution in [1.82, 2.24) is 5.32 Å². The molecule has 0 atom stereocenters. The minimum atomic E-state index is 0.708. The molecule has 102 valence electrons. The highest BCUT2D eigenvalue weighted by Crippen LogP contribution is 2.26. The number of furan rings is 1. The number of ether oxygens (including phenoxy) is 1. The summed E-state index contributed by atoms with van der Waals surface area (Å²) in [7, 11) is 1.70. The largest absolute Gasteiger partial charge is 0.460 e. The number of rotatable bonds is 6. The van der Waals surface area contributed by atoms with Crippen molar-refractivity contribution >= 4 is 15.9 Å². The van der Waals surface area contributed by atoms with Crippen LogP contribution >= 0.6 is 15.9 Å². The van der Waals surface area contributed by atoms with Gasteiger partial charge in [-0.25, -0.2) is 0 Å². The van der Waals surface area contributed by atoms with Crippen molar-refractivity contribution in [3.63, 3.8) is 0 Å². The zero-order valence-electron chi connectivity index (χ0n) is 11.2. The Bertz CT molecular complexity index is 537. The fourth-order valence-corrected chi connectivity index (χ4v) is 2.06. The van der Waals surface area contributed by atoms with Gasteiger partial charge in [-0.05, 0) is 36.8 Å². The van der Waals surface area contributed by atoms with E-state index in [9.17, 15) is 0 Å². The van der Waals surface area contributed by atoms with Crippen LogP contribution in [0.2, 0.25) is 0 Å². The Labute approximate surface area is 122 Å². The predicted molar refractivity (Wildman–Crippen MR) is 80.2 cm³/mol. The Balaban J connectivity index is 2.01. The van der Waals surface area contributed by atoms with Crippen LogP contribution in [0.1, 0.15) is 11.3 Å². The van der Waals surface area contributed by atoms with Crippen molar-refractivity contribution in [2.24, 2.45) is 0 Å². The van der Waals surface area contributed by atoms with Crippen LogP contribution in [-0.4, -0.2) is 20.3 Å². The van der Waals surface area contributed by atoms with Crippen LogP contribution in [0.4, 0.5) is 0 Å². The van der Waals surface area contributed by atoms with E-state index in [4.69, 9.17) is 9.15 Å². The fourth-order valence-electron chi connectivity index (χ4n) is 1.81. The molecule has 1 aromatic heterocycles. The van der Waals surface area contributed by atoms with Gasteiger partial charge in [-0.15, -0.1) is 0 Å². The first-order valence-electron chi connectivity index (χ1n) is 6.25. The monoisotopic (exact) mass is 323 g/mol. The molecule has 0 aliphatic rings. The molecule has 4 heteroatoms. The number of hydrogen-bond donors (Lipinski definition) is 1. The molecule has 0 aliphatic heterocycles. The summed E-state index contributed by atoms with van der Waals surface area (Å²) in [5, 5.41) is 3.26. The van der Waals surface area contributed by atoms with Gasteiger partial charge in [-0.2, -0.15) is 0 Å². The van der Waals surface area contributed by atoms with E-state index in [0.717, 1.165) is 34.6 Å². The number of nitrogens with one attached hydrogen (secondary N) is 1. The molecule has 1 heterocycles. The Kier molecular flexibility index (Phi) is 5.19. The second-order valence-corrected chi connectivity index (χ2v) is 5.25. The molecule has 1 N–H and O–H groups in total. The zero-order valence-corrected chi connectivity index (χ0v) is 12.8. The molecular formula is C15H18BrNO2. The lowest BCUT2D eigenvalue weighted by Crippen LogP contribution is -2.18. The topological polar surface area (TPSA) is 34.4 Å². The normalized spacial score (nSPS) is 10.9. The van der Waals surface area contributed by atoms with Crippen molar-refractivity contribution in [2.75, 3.05) is 20.3 Å². The molecule has 0 amide bonds. The second kappa shape index (κ2) is 6.89. The molecule has 0 bridgehead atoms. The van der Waals surface area contributed by atoms with E-state index in [1.54, 1.807) is 7.11 Å². The molecule has 1 aromatic carbocycles. The molecule has 0 spiro atoms. The molecule has 0 fully saturated rings. The Morgan fingerprint density at radius 1 is 1.26 bits per heavy atom. The molecule has 0 unspecified atom stereocenters. The standard InChI is InChI=1S/C15H18BrNO2/c1-11-9-12(3-5-14(11)16)15-6-4-13(19-15)10-17-7-8-18-2/h3-6,9,17H,7-8,10H2,1-2H3. The highest BCUT2D eigenvalue weighted by Gasteiger charge is 2.06. The van der Waals surface area contributed by atoms with E-state index < -0.39 is 0 Å². The number of halogens is 1. The van der Waals surface area contributed by atoms with Gasteiger partial charge in [-0.3, -0.25) is 0 Å². The summed E-state index contributed by atoms with van der Waals surface area (Å²) in [4.78, 5) is 0. The number of benzene rings is 1. The Morgan fingerprint density at radius 3 is 2.84 bits per heavy atom. The van der Waals surface area contributed by atoms with E-state index in [1.165, 1.54) is 5.56 Å². The van der Waals surface area contributed by atoms with Gasteiger partial charge >= 0.3 is 0 Å². The Morgan fingerprint density at radius 2 is 2.11 bits per heavy atom. The smallest absolute Gasteiger partial charge is 0.134 e. The molecule has 0 saturated heterocycles. The summed E-state index contributed by atoms with van der Waals surface area (Å²) in [6.07, 6.45) is 0. The summed E-state index contributed by atoms with van der Waals surface area (Å²) >= 11 is 3.50. The van der Waals surface area contributed by atoms with Gasteiger partial charge in [0, 0.05) is 23.7 Å². The molecular weight excluding hydrogens is 306 g/mol. The van der Waals surface area contributed by atoms with Crippen molar-refractivity contribution in [1.29, 1.82) is 0 Å². The average molecular weight is 324 g/mol. The summed E-state index contributed by atoms with van der Waals surface area (Å²) in [5.74, 6) is 1.84. The first-order chi connectivity index (χ1) is 9.20. The van der Waals surface area contributed by atoms with Gasteiger partial charge in [0.05, 0.1) is 13.2 Å². The maximum atomic E-state index is 5.83. The lowest BCUT2D eigenvalue weighted by atomic mass is 10.1. The van der Waals surface area contributed by atoms with E-state index in [-0.39, 0.29) is 0 Å². The third-order valence-electron chi connectivity index (χ3n) is 2.89. The maximum absolute atomic E-state index is 5.83. The molecule has 2 rings (SSSR count). The number of aryl methyl sites for hydroxylation is 1. The maximum Gasteiger partial charge on any atom is 0.134 e. The van der Waals surface area contributed by atoms with E-state index in [2.05, 4.69) is 40.3 Å². The van der Waals surface area contributed by atoms with Crippen molar-refractivity contribution in [3.05, 3.63) is 46.1 Å². The average Bonchev–Trinajstić information content (AvgIpc) is 2.87. The van der Waals surface area contributed by atoms with Crippen LogP contribution in [0, 0.1) is 6.92 Å². The predicted octanol–water partition coefficient (Wildman–Crippen LogP) is 3.75. The molecule has 0 saturated carbocycles. The van der Waals surface area contributed by atoms with Crippen LogP contribution in [-0.2, 0) is 11.3 Å². The third kappa shape index (κ3) is 3.93. The van der Waals surface area contributed by atoms with Crippen molar-refractivity contribution < 1.29 is 9.15 Å². The highest BCUT2D eigenvalue weighted by atomic mass is 79.9. The van der Waals surface area contributed by atoms with Crippen LogP contribution in [0.25, 0.3) is 11.3 Å². The minimum absolute atomic E-state index is 0.708. The van der Waals surface area contributed by atoms with Gasteiger partial charge in [-0.1, -0.05) is 22.0 Å². The highest BCUT2D eigenvalue weighted by molar-refractivity contribution is 9.10. The van der Waals surface area contributed by atoms with Crippen LogP contribution in [0.15, 0.2) is 39.2 Å². The van der Waals surface area contributed by atoms with Crippen molar-refractivity contribution in [2.45, 2.75) is 13.5 Å². The second-order valence-electron chi connectivity index (χ2n) is 4.40. The summed E-state index contributed by atoms with van der Waals surface area (Å²) < 4.78 is 11.9. The lowest BCUT2D eigenvalue weighted by molar-refractivity contribution is 0.198. The molecule has 0 aliphatic carbocycles. The lowest BCUT2D eigenvalue weighted by Gasteiger charge is -2.03. The fraction of sp³-hybridized carbons (Fsp3) is 0.333. The quantitative estimate of drug-likeness (QED) is 0.822. The summed E-state index contributed by atoms with van der Waals surface area (Å²) in [5.41, 5.74) is 2.30. The summed E-state index contributed by atoms with van der Waals surface area (Å²) in [6.45, 7) is 4.33. The molecule has 0 radical (unpaired) electrons. The third-order valence-corrected chi connectivity index (χ3v) is 3.78. The molecule has 19 heavy (non-hydrogen) atoms. The zero-order chi connectivity index (χ0) is 13.7. The van der Waals surface area contributed by atoms with Crippen LogP contribution in [0.3, 0.4) is 0 Å². The van der Waals surface area contributed by atoms with E-state index >= 15 is 0 Å². The van der Waals surface area contributed by atoms with Gasteiger partial charge in [0.15, 0.2) is 0 Å². The number of hydrogen-bond acceptors (Lipinski definition) is 3. The summed E-state index contributed by atoms with van der Waals surface area (Å²) in [6, 6.07) is 10.2. The van der Waals surface area contributed by atoms with E-state index in [1.807, 2.05) is 18.2 Å². The van der Waals surface area contributed by atoms with Gasteiger partial charge in [0.1, 0.15) is 11.5 Å². The van der Waals surface area contributed by atoms with Gasteiger partial charge in [0.25, 0.3) is 0 Å².